The van der Waals surface area contributed by atoms with Crippen LogP contribution in [0.5, 0.6) is 0 Å². The van der Waals surface area contributed by atoms with Crippen LogP contribution in [0.4, 0.5) is 0 Å². The number of hydrogen-bond acceptors (Lipinski definition) is 2. The molecule has 0 saturated carbocycles. The van der Waals surface area contributed by atoms with E-state index in [1.807, 2.05) is 61.5 Å². The van der Waals surface area contributed by atoms with Gasteiger partial charge in [0.05, 0.1) is 0 Å². The van der Waals surface area contributed by atoms with E-state index in [-0.39, 0.29) is 5.97 Å². The lowest BCUT2D eigenvalue weighted by atomic mass is 10.1. The molecule has 0 spiro atoms. The SMILES string of the molecule is CCC(=O)OS(c1ccccc1)(c1ccc(-c2ccccc2)cc1)c1ccc(-c2ccccc2)cc1. The molecule has 5 aromatic carbocycles. The molecule has 0 unspecified atom stereocenters. The molecule has 5 rings (SSSR count). The normalized spacial score (nSPS) is 11.6. The van der Waals surface area contributed by atoms with Gasteiger partial charge >= 0.3 is 5.97 Å². The van der Waals surface area contributed by atoms with Gasteiger partial charge in [0.2, 0.25) is 0 Å². The minimum Gasteiger partial charge on any atom is -0.402 e. The molecule has 0 aliphatic heterocycles. The second-order valence-corrected chi connectivity index (χ2v) is 11.2. The van der Waals surface area contributed by atoms with Crippen molar-refractivity contribution >= 4 is 16.3 Å². The lowest BCUT2D eigenvalue weighted by Gasteiger charge is -2.40. The molecule has 0 bridgehead atoms. The molecule has 0 atom stereocenters. The molecule has 0 N–H and O–H groups in total. The molecule has 178 valence electrons. The minimum atomic E-state index is -2.29. The Morgan fingerprint density at radius 2 is 0.833 bits per heavy atom. The molecule has 0 radical (unpaired) electrons. The first-order chi connectivity index (χ1) is 17.7. The van der Waals surface area contributed by atoms with Crippen molar-refractivity contribution in [3.63, 3.8) is 0 Å². The van der Waals surface area contributed by atoms with Crippen molar-refractivity contribution in [3.05, 3.63) is 140 Å². The Balaban J connectivity index is 1.67. The third kappa shape index (κ3) is 4.71. The lowest BCUT2D eigenvalue weighted by molar-refractivity contribution is -0.133. The molecule has 0 saturated heterocycles. The summed E-state index contributed by atoms with van der Waals surface area (Å²) in [7, 11) is -2.29. The maximum absolute atomic E-state index is 12.9. The molecule has 0 fully saturated rings. The van der Waals surface area contributed by atoms with E-state index < -0.39 is 10.3 Å². The fourth-order valence-electron chi connectivity index (χ4n) is 4.30. The lowest BCUT2D eigenvalue weighted by Crippen LogP contribution is -2.13. The van der Waals surface area contributed by atoms with Crippen LogP contribution in [0.3, 0.4) is 0 Å². The van der Waals surface area contributed by atoms with Gasteiger partial charge in [-0.15, -0.1) is 0 Å². The third-order valence-corrected chi connectivity index (χ3v) is 9.41. The highest BCUT2D eigenvalue weighted by atomic mass is 32.3. The molecule has 3 heteroatoms. The smallest absolute Gasteiger partial charge is 0.316 e. The zero-order chi connectivity index (χ0) is 24.8. The van der Waals surface area contributed by atoms with E-state index in [1.165, 1.54) is 0 Å². The van der Waals surface area contributed by atoms with Crippen LogP contribution < -0.4 is 0 Å². The Bertz CT molecular complexity index is 1330. The standard InChI is InChI=1S/C33H28O2S/c1-2-33(34)35-36(30-16-10-5-11-17-30,31-22-18-28(19-23-31)26-12-6-3-7-13-26)32-24-20-29(21-25-32)27-14-8-4-9-15-27/h3-25H,2H2,1H3. The Labute approximate surface area is 214 Å². The first-order valence-electron chi connectivity index (χ1n) is 12.1. The van der Waals surface area contributed by atoms with Crippen molar-refractivity contribution in [1.29, 1.82) is 0 Å². The predicted molar refractivity (Wildman–Crippen MR) is 149 cm³/mol. The van der Waals surface area contributed by atoms with E-state index in [1.54, 1.807) is 0 Å². The summed E-state index contributed by atoms with van der Waals surface area (Å²) in [6, 6.07) is 47.7. The van der Waals surface area contributed by atoms with Crippen molar-refractivity contribution in [2.75, 3.05) is 0 Å². The summed E-state index contributed by atoms with van der Waals surface area (Å²) in [6.07, 6.45) is 0.311. The van der Waals surface area contributed by atoms with Gasteiger partial charge in [-0.3, -0.25) is 4.79 Å². The maximum Gasteiger partial charge on any atom is 0.316 e. The maximum atomic E-state index is 12.9. The van der Waals surface area contributed by atoms with Crippen molar-refractivity contribution < 1.29 is 8.98 Å². The van der Waals surface area contributed by atoms with Crippen molar-refractivity contribution in [2.45, 2.75) is 28.0 Å². The minimum absolute atomic E-state index is 0.215. The largest absolute Gasteiger partial charge is 0.402 e. The van der Waals surface area contributed by atoms with E-state index in [9.17, 15) is 4.79 Å². The van der Waals surface area contributed by atoms with Crippen LogP contribution in [0.2, 0.25) is 0 Å². The van der Waals surface area contributed by atoms with Crippen molar-refractivity contribution in [3.8, 4) is 22.3 Å². The fraction of sp³-hybridized carbons (Fsp3) is 0.0606. The number of benzene rings is 5. The van der Waals surface area contributed by atoms with Crippen LogP contribution in [0, 0.1) is 0 Å². The van der Waals surface area contributed by atoms with E-state index in [0.717, 1.165) is 36.9 Å². The molecule has 5 aromatic rings. The van der Waals surface area contributed by atoms with E-state index in [2.05, 4.69) is 84.9 Å². The molecule has 0 aliphatic rings. The second-order valence-electron chi connectivity index (χ2n) is 8.46. The quantitative estimate of drug-likeness (QED) is 0.228. The fourth-order valence-corrected chi connectivity index (χ4v) is 7.38. The summed E-state index contributed by atoms with van der Waals surface area (Å²) in [5.74, 6) is -0.215. The Kier molecular flexibility index (Phi) is 7.01. The number of carbonyl (C=O) groups is 1. The van der Waals surface area contributed by atoms with Crippen LogP contribution in [-0.2, 0) is 8.98 Å². The molecule has 2 nitrogen and oxygen atoms in total. The summed E-state index contributed by atoms with van der Waals surface area (Å²) in [4.78, 5) is 15.9. The Morgan fingerprint density at radius 3 is 1.22 bits per heavy atom. The molecular formula is C33H28O2S. The van der Waals surface area contributed by atoms with Crippen LogP contribution in [0.25, 0.3) is 22.3 Å². The van der Waals surface area contributed by atoms with Crippen molar-refractivity contribution in [2.24, 2.45) is 0 Å². The highest BCUT2D eigenvalue weighted by molar-refractivity contribution is 8.30. The molecular weight excluding hydrogens is 460 g/mol. The summed E-state index contributed by atoms with van der Waals surface area (Å²) in [6.45, 7) is 1.84. The Hall–Kier alpha value is -4.08. The Morgan fingerprint density at radius 1 is 0.500 bits per heavy atom. The van der Waals surface area contributed by atoms with Crippen LogP contribution in [0.1, 0.15) is 13.3 Å². The van der Waals surface area contributed by atoms with Crippen molar-refractivity contribution in [1.82, 2.24) is 0 Å². The van der Waals surface area contributed by atoms with Gasteiger partial charge < -0.3 is 4.18 Å². The summed E-state index contributed by atoms with van der Waals surface area (Å²) < 4.78 is 6.48. The van der Waals surface area contributed by atoms with Gasteiger partial charge in [0, 0.05) is 21.1 Å². The van der Waals surface area contributed by atoms with E-state index >= 15 is 0 Å². The molecule has 0 heterocycles. The highest BCUT2D eigenvalue weighted by Crippen LogP contribution is 2.69. The third-order valence-electron chi connectivity index (χ3n) is 6.17. The van der Waals surface area contributed by atoms with Crippen LogP contribution in [0.15, 0.2) is 154 Å². The summed E-state index contributed by atoms with van der Waals surface area (Å²) in [5, 5.41) is 0. The van der Waals surface area contributed by atoms with Gasteiger partial charge in [-0.25, -0.2) is 0 Å². The van der Waals surface area contributed by atoms with E-state index in [4.69, 9.17) is 4.18 Å². The number of rotatable bonds is 7. The summed E-state index contributed by atoms with van der Waals surface area (Å²) in [5.41, 5.74) is 4.56. The van der Waals surface area contributed by atoms with Crippen LogP contribution >= 0.6 is 10.3 Å². The first kappa shape index (κ1) is 23.7. The topological polar surface area (TPSA) is 26.3 Å². The van der Waals surface area contributed by atoms with Gasteiger partial charge in [0.1, 0.15) is 0 Å². The molecule has 36 heavy (non-hydrogen) atoms. The average molecular weight is 489 g/mol. The first-order valence-corrected chi connectivity index (χ1v) is 13.7. The predicted octanol–water partition coefficient (Wildman–Crippen LogP) is 9.17. The number of carbonyl (C=O) groups excluding carboxylic acids is 1. The number of hydrogen-bond donors (Lipinski definition) is 0. The monoisotopic (exact) mass is 488 g/mol. The average Bonchev–Trinajstić information content (AvgIpc) is 2.97. The van der Waals surface area contributed by atoms with Gasteiger partial charge in [0.25, 0.3) is 0 Å². The highest BCUT2D eigenvalue weighted by Gasteiger charge is 2.35. The zero-order valence-electron chi connectivity index (χ0n) is 20.2. The van der Waals surface area contributed by atoms with Gasteiger partial charge in [-0.1, -0.05) is 110 Å². The van der Waals surface area contributed by atoms with Gasteiger partial charge in [0.15, 0.2) is 0 Å². The van der Waals surface area contributed by atoms with Crippen LogP contribution in [-0.4, -0.2) is 5.97 Å². The second kappa shape index (κ2) is 10.7. The van der Waals surface area contributed by atoms with Gasteiger partial charge in [-0.2, -0.15) is 0 Å². The van der Waals surface area contributed by atoms with E-state index in [0.29, 0.717) is 6.42 Å². The molecule has 0 aliphatic carbocycles. The summed E-state index contributed by atoms with van der Waals surface area (Å²) >= 11 is 0. The zero-order valence-corrected chi connectivity index (χ0v) is 21.0. The molecule has 0 aromatic heterocycles. The molecule has 0 amide bonds. The van der Waals surface area contributed by atoms with Gasteiger partial charge in [-0.05, 0) is 69.0 Å².